The third-order valence-corrected chi connectivity index (χ3v) is 5.75. The first-order chi connectivity index (χ1) is 16.6. The Hall–Kier alpha value is -3.94. The Bertz CT molecular complexity index is 996. The summed E-state index contributed by atoms with van der Waals surface area (Å²) in [6.45, 7) is 5.10. The van der Waals surface area contributed by atoms with Gasteiger partial charge >= 0.3 is 0 Å². The smallest absolute Gasteiger partial charge is 0.284 e. The number of terminal acetylenes is 1. The molecule has 0 aromatic carbocycles. The van der Waals surface area contributed by atoms with Gasteiger partial charge in [0.15, 0.2) is 0 Å². The Balaban J connectivity index is 2.06. The summed E-state index contributed by atoms with van der Waals surface area (Å²) in [5.74, 6) is 0.0788. The number of aromatic nitrogens is 1. The number of amides is 4. The van der Waals surface area contributed by atoms with Crippen LogP contribution in [-0.2, 0) is 24.0 Å². The number of carbonyl (C=O) groups excluding carboxylic acids is 5. The van der Waals surface area contributed by atoms with Crippen LogP contribution in [0.5, 0.6) is 0 Å². The van der Waals surface area contributed by atoms with E-state index < -0.39 is 23.6 Å². The number of nitrogens with zero attached hydrogens (tertiary/aromatic N) is 4. The highest BCUT2D eigenvalue weighted by Crippen LogP contribution is 2.18. The SMILES string of the molecule is C#CCCN(CC(=O)N[C@@H](CCC(=O)C(N)=O)C(=O)N1CCN(c2ncccc2C)CC1)C(C)=O. The summed E-state index contributed by atoms with van der Waals surface area (Å²) in [5.41, 5.74) is 6.06. The van der Waals surface area contributed by atoms with Crippen molar-refractivity contribution in [2.24, 2.45) is 5.73 Å². The van der Waals surface area contributed by atoms with Crippen molar-refractivity contribution in [3.63, 3.8) is 0 Å². The maximum atomic E-state index is 13.3. The summed E-state index contributed by atoms with van der Waals surface area (Å²) in [7, 11) is 0. The molecule has 1 aromatic rings. The lowest BCUT2D eigenvalue weighted by Crippen LogP contribution is -2.56. The van der Waals surface area contributed by atoms with Gasteiger partial charge in [-0.05, 0) is 25.0 Å². The molecule has 1 aromatic heterocycles. The molecule has 11 heteroatoms. The zero-order chi connectivity index (χ0) is 26.0. The second-order valence-electron chi connectivity index (χ2n) is 8.30. The molecule has 11 nitrogen and oxygen atoms in total. The molecule has 0 saturated carbocycles. The molecule has 1 aliphatic rings. The summed E-state index contributed by atoms with van der Waals surface area (Å²) < 4.78 is 0. The molecule has 0 spiro atoms. The molecule has 4 amide bonds. The fourth-order valence-electron chi connectivity index (χ4n) is 3.78. The number of hydrogen-bond acceptors (Lipinski definition) is 7. The van der Waals surface area contributed by atoms with Crippen molar-refractivity contribution in [3.05, 3.63) is 23.9 Å². The number of aryl methyl sites for hydroxylation is 1. The molecule has 188 valence electrons. The van der Waals surface area contributed by atoms with Gasteiger partial charge in [-0.25, -0.2) is 4.98 Å². The average Bonchev–Trinajstić information content (AvgIpc) is 2.83. The van der Waals surface area contributed by atoms with Crippen LogP contribution >= 0.6 is 0 Å². The number of piperazine rings is 1. The van der Waals surface area contributed by atoms with Gasteiger partial charge in [-0.15, -0.1) is 12.3 Å². The third-order valence-electron chi connectivity index (χ3n) is 5.75. The average molecular weight is 485 g/mol. The van der Waals surface area contributed by atoms with Gasteiger partial charge in [0, 0.05) is 58.7 Å². The highest BCUT2D eigenvalue weighted by molar-refractivity contribution is 6.35. The topological polar surface area (TPSA) is 146 Å². The maximum absolute atomic E-state index is 13.3. The summed E-state index contributed by atoms with van der Waals surface area (Å²) in [6, 6.07) is 2.78. The van der Waals surface area contributed by atoms with Crippen molar-refractivity contribution in [1.29, 1.82) is 0 Å². The Morgan fingerprint density at radius 1 is 1.23 bits per heavy atom. The van der Waals surface area contributed by atoms with Crippen LogP contribution in [0, 0.1) is 19.3 Å². The highest BCUT2D eigenvalue weighted by atomic mass is 16.2. The lowest BCUT2D eigenvalue weighted by molar-refractivity contribution is -0.139. The Kier molecular flexibility index (Phi) is 10.2. The Morgan fingerprint density at radius 2 is 1.91 bits per heavy atom. The van der Waals surface area contributed by atoms with E-state index in [1.807, 2.05) is 19.1 Å². The maximum Gasteiger partial charge on any atom is 0.284 e. The molecule has 0 unspecified atom stereocenters. The van der Waals surface area contributed by atoms with Gasteiger partial charge in [0.05, 0.1) is 6.54 Å². The van der Waals surface area contributed by atoms with Gasteiger partial charge in [-0.1, -0.05) is 6.07 Å². The van der Waals surface area contributed by atoms with E-state index >= 15 is 0 Å². The van der Waals surface area contributed by atoms with Crippen LogP contribution in [0.3, 0.4) is 0 Å². The number of pyridine rings is 1. The lowest BCUT2D eigenvalue weighted by atomic mass is 10.1. The van der Waals surface area contributed by atoms with Crippen molar-refractivity contribution in [3.8, 4) is 12.3 Å². The summed E-state index contributed by atoms with van der Waals surface area (Å²) in [6.07, 6.45) is 6.87. The molecule has 0 bridgehead atoms. The van der Waals surface area contributed by atoms with Gasteiger partial charge in [-0.3, -0.25) is 24.0 Å². The van der Waals surface area contributed by atoms with Crippen LogP contribution < -0.4 is 16.0 Å². The van der Waals surface area contributed by atoms with E-state index in [9.17, 15) is 24.0 Å². The number of Topliss-reactive ketones (excluding diaryl/α,β-unsaturated/α-hetero) is 1. The molecular weight excluding hydrogens is 452 g/mol. The van der Waals surface area contributed by atoms with Gasteiger partial charge in [0.25, 0.3) is 5.91 Å². The number of carbonyl (C=O) groups is 5. The molecule has 1 saturated heterocycles. The number of primary amides is 1. The van der Waals surface area contributed by atoms with Gasteiger partial charge < -0.3 is 25.8 Å². The molecule has 1 fully saturated rings. The minimum absolute atomic E-state index is 0.0870. The van der Waals surface area contributed by atoms with E-state index in [0.29, 0.717) is 26.2 Å². The molecule has 2 heterocycles. The van der Waals surface area contributed by atoms with Gasteiger partial charge in [0.2, 0.25) is 23.5 Å². The number of ketones is 1. The largest absolute Gasteiger partial charge is 0.363 e. The van der Waals surface area contributed by atoms with Gasteiger partial charge in [-0.2, -0.15) is 0 Å². The first-order valence-electron chi connectivity index (χ1n) is 11.4. The molecule has 2 rings (SSSR count). The van der Waals surface area contributed by atoms with Crippen molar-refractivity contribution in [2.45, 2.75) is 39.2 Å². The standard InChI is InChI=1S/C24H32N6O5/c1-4-5-11-30(18(3)31)16-21(33)27-19(8-9-20(32)22(25)34)24(35)29-14-12-28(13-15-29)23-17(2)7-6-10-26-23/h1,6-7,10,19H,5,8-9,11-16H2,2-3H3,(H2,25,34)(H,27,33)/t19-/m0/s1. The zero-order valence-electron chi connectivity index (χ0n) is 20.2. The van der Waals surface area contributed by atoms with E-state index in [0.717, 1.165) is 11.4 Å². The fourth-order valence-corrected chi connectivity index (χ4v) is 3.78. The second-order valence-corrected chi connectivity index (χ2v) is 8.30. The van der Waals surface area contributed by atoms with E-state index in [4.69, 9.17) is 12.2 Å². The van der Waals surface area contributed by atoms with Crippen molar-refractivity contribution < 1.29 is 24.0 Å². The molecule has 1 aliphatic heterocycles. The van der Waals surface area contributed by atoms with Crippen molar-refractivity contribution in [2.75, 3.05) is 44.2 Å². The quantitative estimate of drug-likeness (QED) is 0.310. The van der Waals surface area contributed by atoms with Crippen molar-refractivity contribution in [1.82, 2.24) is 20.1 Å². The summed E-state index contributed by atoms with van der Waals surface area (Å²) >= 11 is 0. The van der Waals surface area contributed by atoms with Gasteiger partial charge in [0.1, 0.15) is 11.9 Å². The van der Waals surface area contributed by atoms with E-state index in [1.165, 1.54) is 11.8 Å². The van der Waals surface area contributed by atoms with Crippen LogP contribution in [-0.4, -0.2) is 89.5 Å². The number of anilines is 1. The van der Waals surface area contributed by atoms with Crippen LogP contribution in [0.25, 0.3) is 0 Å². The molecule has 3 N–H and O–H groups in total. The van der Waals surface area contributed by atoms with Crippen LogP contribution in [0.15, 0.2) is 18.3 Å². The molecule has 35 heavy (non-hydrogen) atoms. The number of hydrogen-bond donors (Lipinski definition) is 2. The predicted molar refractivity (Wildman–Crippen MR) is 129 cm³/mol. The van der Waals surface area contributed by atoms with E-state index in [1.54, 1.807) is 11.1 Å². The normalized spacial score (nSPS) is 14.0. The van der Waals surface area contributed by atoms with Crippen LogP contribution in [0.2, 0.25) is 0 Å². The minimum atomic E-state index is -1.10. The molecule has 0 aliphatic carbocycles. The monoisotopic (exact) mass is 484 g/mol. The first kappa shape index (κ1) is 27.3. The zero-order valence-corrected chi connectivity index (χ0v) is 20.2. The number of nitrogens with one attached hydrogen (secondary N) is 1. The van der Waals surface area contributed by atoms with Crippen molar-refractivity contribution >= 4 is 35.2 Å². The summed E-state index contributed by atoms with van der Waals surface area (Å²) in [5, 5.41) is 2.62. The van der Waals surface area contributed by atoms with E-state index in [2.05, 4.69) is 21.1 Å². The Morgan fingerprint density at radius 3 is 2.49 bits per heavy atom. The second kappa shape index (κ2) is 13.1. The first-order valence-corrected chi connectivity index (χ1v) is 11.4. The minimum Gasteiger partial charge on any atom is -0.363 e. The molecule has 1 atom stereocenters. The molecule has 0 radical (unpaired) electrons. The number of nitrogens with two attached hydrogens (primary N) is 1. The van der Waals surface area contributed by atoms with Crippen LogP contribution in [0.4, 0.5) is 5.82 Å². The lowest BCUT2D eigenvalue weighted by Gasteiger charge is -2.37. The van der Waals surface area contributed by atoms with Crippen LogP contribution in [0.1, 0.15) is 31.7 Å². The third kappa shape index (κ3) is 8.10. The molecular formula is C24H32N6O5. The van der Waals surface area contributed by atoms with E-state index in [-0.39, 0.29) is 44.2 Å². The highest BCUT2D eigenvalue weighted by Gasteiger charge is 2.30. The predicted octanol–water partition coefficient (Wildman–Crippen LogP) is -0.770. The summed E-state index contributed by atoms with van der Waals surface area (Å²) in [4.78, 5) is 70.0. The fraction of sp³-hybridized carbons (Fsp3) is 0.500. The Labute approximate surface area is 205 Å². The number of rotatable bonds is 11.